The number of rotatable bonds is 9. The number of nitrogens with one attached hydrogen (secondary N) is 2. The smallest absolute Gasteiger partial charge is 0.317 e. The van der Waals surface area contributed by atoms with E-state index >= 15 is 0 Å². The second-order valence-electron chi connectivity index (χ2n) is 17.8. The fourth-order valence-corrected chi connectivity index (χ4v) is 8.49. The van der Waals surface area contributed by atoms with Crippen LogP contribution in [0.5, 0.6) is 0 Å². The Morgan fingerprint density at radius 1 is 0.660 bits per heavy atom. The summed E-state index contributed by atoms with van der Waals surface area (Å²) < 4.78 is 10.3. The first-order valence-corrected chi connectivity index (χ1v) is 18.7. The first-order chi connectivity index (χ1) is 22.2. The molecule has 300 valence electrons. The molecule has 0 unspecified atom stereocenters. The van der Waals surface area contributed by atoms with Crippen LogP contribution in [0.15, 0.2) is 0 Å². The van der Waals surface area contributed by atoms with Crippen molar-refractivity contribution in [1.82, 2.24) is 30.7 Å². The number of hydrogen-bond acceptors (Lipinski definition) is 10. The number of piperidine rings is 3. The van der Waals surface area contributed by atoms with Gasteiger partial charge in [-0.3, -0.25) is 0 Å². The molecule has 5 N–H and O–H groups in total. The number of amides is 2. The van der Waals surface area contributed by atoms with Gasteiger partial charge in [0.2, 0.25) is 0 Å². The van der Waals surface area contributed by atoms with E-state index in [2.05, 4.69) is 38.3 Å². The van der Waals surface area contributed by atoms with Crippen molar-refractivity contribution >= 4 is 29.2 Å². The van der Waals surface area contributed by atoms with Crippen LogP contribution in [-0.2, 0) is 9.47 Å². The van der Waals surface area contributed by atoms with Crippen LogP contribution < -0.4 is 10.6 Å². The van der Waals surface area contributed by atoms with Gasteiger partial charge in [-0.25, -0.2) is 4.79 Å². The standard InChI is InChI=1S/C22H44N4O4.C12H26N2O2.CH2Cl2.CH4/c1-19(2)12-16(13-20(3,4)25(19)28)23-18(27)24(10-11-30-9)17-14-21(5,6)26(29)22(7,8)15-17;1-11(2)8-10(13-6-7-16-5)9-12(3,4)14(11)15;2-1-3;/h16-17,28-29H,10-15H2,1-9H3,(H,23,27);10,13,15H,6-9H2,1-5H3;1H2;1H4. The van der Waals surface area contributed by atoms with Crippen molar-refractivity contribution in [1.29, 1.82) is 0 Å². The van der Waals surface area contributed by atoms with Gasteiger partial charge < -0.3 is 40.6 Å². The van der Waals surface area contributed by atoms with Gasteiger partial charge >= 0.3 is 6.03 Å². The van der Waals surface area contributed by atoms with Crippen LogP contribution in [0.3, 0.4) is 0 Å². The summed E-state index contributed by atoms with van der Waals surface area (Å²) in [6, 6.07) is 0.309. The van der Waals surface area contributed by atoms with E-state index in [-0.39, 0.29) is 42.0 Å². The number of carbonyl (C=O) groups is 1. The van der Waals surface area contributed by atoms with E-state index in [4.69, 9.17) is 32.7 Å². The van der Waals surface area contributed by atoms with Gasteiger partial charge in [0.15, 0.2) is 0 Å². The first-order valence-electron chi connectivity index (χ1n) is 17.6. The van der Waals surface area contributed by atoms with Crippen LogP contribution in [0.2, 0.25) is 0 Å². The molecule has 0 bridgehead atoms. The molecule has 3 saturated heterocycles. The van der Waals surface area contributed by atoms with E-state index in [1.807, 2.05) is 60.3 Å². The van der Waals surface area contributed by atoms with Gasteiger partial charge in [-0.05, 0) is 122 Å². The van der Waals surface area contributed by atoms with Gasteiger partial charge in [-0.15, -0.1) is 23.2 Å². The minimum Gasteiger partial charge on any atom is -0.383 e. The molecular weight excluding hydrogens is 683 g/mol. The molecule has 0 radical (unpaired) electrons. The Labute approximate surface area is 315 Å². The normalized spacial score (nSPS) is 24.9. The number of hydrogen-bond donors (Lipinski definition) is 5. The third-order valence-electron chi connectivity index (χ3n) is 10.2. The van der Waals surface area contributed by atoms with Crippen LogP contribution in [0, 0.1) is 0 Å². The second-order valence-corrected chi connectivity index (χ2v) is 18.6. The van der Waals surface area contributed by atoms with Crippen LogP contribution in [0.1, 0.15) is 129 Å². The Morgan fingerprint density at radius 3 is 1.32 bits per heavy atom. The van der Waals surface area contributed by atoms with Crippen molar-refractivity contribution in [2.45, 2.75) is 180 Å². The summed E-state index contributed by atoms with van der Waals surface area (Å²) in [5, 5.41) is 42.6. The lowest BCUT2D eigenvalue weighted by Crippen LogP contribution is -2.66. The number of nitrogens with zero attached hydrogens (tertiary/aromatic N) is 4. The van der Waals surface area contributed by atoms with Crippen LogP contribution in [-0.4, -0.2) is 139 Å². The zero-order chi connectivity index (χ0) is 38.2. The molecule has 2 amide bonds. The number of alkyl halides is 2. The van der Waals surface area contributed by atoms with Gasteiger partial charge in [0.05, 0.1) is 18.6 Å². The van der Waals surface area contributed by atoms with E-state index in [0.717, 1.165) is 26.0 Å². The maximum absolute atomic E-state index is 13.4. The molecule has 0 spiro atoms. The fourth-order valence-electron chi connectivity index (χ4n) is 8.49. The molecule has 14 heteroatoms. The lowest BCUT2D eigenvalue weighted by atomic mass is 9.78. The van der Waals surface area contributed by atoms with E-state index < -0.39 is 22.2 Å². The summed E-state index contributed by atoms with van der Waals surface area (Å²) in [6.45, 7) is 26.9. The fraction of sp³-hybridized carbons (Fsp3) is 0.972. The molecule has 12 nitrogen and oxygen atoms in total. The average Bonchev–Trinajstić information content (AvgIpc) is 2.93. The molecule has 0 atom stereocenters. The molecule has 0 saturated carbocycles. The number of ether oxygens (including phenoxy) is 2. The quantitative estimate of drug-likeness (QED) is 0.122. The van der Waals surface area contributed by atoms with Crippen molar-refractivity contribution in [3.63, 3.8) is 0 Å². The number of hydroxylamine groups is 6. The molecule has 3 fully saturated rings. The monoisotopic (exact) mass is 759 g/mol. The summed E-state index contributed by atoms with van der Waals surface area (Å²) in [4.78, 5) is 15.3. The summed E-state index contributed by atoms with van der Waals surface area (Å²) in [5.41, 5.74) is -2.08. The number of halogens is 2. The summed E-state index contributed by atoms with van der Waals surface area (Å²) >= 11 is 9.53. The Kier molecular flexibility index (Phi) is 19.5. The van der Waals surface area contributed by atoms with Gasteiger partial charge in [0, 0.05) is 78.7 Å². The molecule has 3 rings (SSSR count). The first kappa shape index (κ1) is 49.5. The Morgan fingerprint density at radius 2 is 0.980 bits per heavy atom. The highest BCUT2D eigenvalue weighted by atomic mass is 35.5. The zero-order valence-electron chi connectivity index (χ0n) is 33.1. The molecule has 0 aromatic rings. The van der Waals surface area contributed by atoms with Crippen molar-refractivity contribution in [3.05, 3.63) is 0 Å². The van der Waals surface area contributed by atoms with E-state index in [0.29, 0.717) is 44.9 Å². The average molecular weight is 760 g/mol. The summed E-state index contributed by atoms with van der Waals surface area (Å²) in [5.74, 6) is 0. The molecule has 0 aliphatic carbocycles. The number of carbonyl (C=O) groups excluding carboxylic acids is 1. The SMILES string of the molecule is C.COCCN(C(=O)NC1CC(C)(C)N(O)C(C)(C)C1)C1CC(C)(C)N(O)C(C)(C)C1.COCCNC1CC(C)(C)N(O)C(C)(C)C1.ClCCl. The summed E-state index contributed by atoms with van der Waals surface area (Å²) in [6.07, 6.45) is 4.60. The topological polar surface area (TPSA) is 133 Å². The third-order valence-corrected chi connectivity index (χ3v) is 10.2. The van der Waals surface area contributed by atoms with E-state index in [1.54, 1.807) is 14.2 Å². The molecule has 3 heterocycles. The second kappa shape index (κ2) is 19.7. The van der Waals surface area contributed by atoms with Crippen LogP contribution >= 0.6 is 23.2 Å². The molecular formula is C36H76Cl2N6O6. The van der Waals surface area contributed by atoms with Crippen molar-refractivity contribution < 1.29 is 29.9 Å². The van der Waals surface area contributed by atoms with Crippen molar-refractivity contribution in [2.75, 3.05) is 45.9 Å². The highest BCUT2D eigenvalue weighted by Crippen LogP contribution is 2.40. The molecule has 0 aromatic carbocycles. The predicted octanol–water partition coefficient (Wildman–Crippen LogP) is 7.16. The van der Waals surface area contributed by atoms with Gasteiger partial charge in [-0.1, -0.05) is 7.43 Å². The maximum atomic E-state index is 13.4. The van der Waals surface area contributed by atoms with Crippen LogP contribution in [0.25, 0.3) is 0 Å². The molecule has 3 aliphatic heterocycles. The molecule has 3 aliphatic rings. The Bertz CT molecular complexity index is 962. The lowest BCUT2D eigenvalue weighted by molar-refractivity contribution is -0.250. The van der Waals surface area contributed by atoms with E-state index in [1.165, 1.54) is 15.2 Å². The van der Waals surface area contributed by atoms with Gasteiger partial charge in [-0.2, -0.15) is 15.2 Å². The number of methoxy groups -OCH3 is 2. The zero-order valence-corrected chi connectivity index (χ0v) is 34.6. The summed E-state index contributed by atoms with van der Waals surface area (Å²) in [7, 11) is 3.36. The highest BCUT2D eigenvalue weighted by molar-refractivity contribution is 6.40. The lowest BCUT2D eigenvalue weighted by Gasteiger charge is -2.54. The van der Waals surface area contributed by atoms with Crippen molar-refractivity contribution in [2.24, 2.45) is 0 Å². The van der Waals surface area contributed by atoms with Crippen molar-refractivity contribution in [3.8, 4) is 0 Å². The minimum absolute atomic E-state index is 0. The largest absolute Gasteiger partial charge is 0.383 e. The molecule has 0 aromatic heterocycles. The van der Waals surface area contributed by atoms with E-state index in [9.17, 15) is 20.4 Å². The van der Waals surface area contributed by atoms with Gasteiger partial charge in [0.25, 0.3) is 0 Å². The predicted molar refractivity (Wildman–Crippen MR) is 205 cm³/mol. The number of urea groups is 1. The Hall–Kier alpha value is -0.510. The molecule has 50 heavy (non-hydrogen) atoms. The van der Waals surface area contributed by atoms with Crippen LogP contribution in [0.4, 0.5) is 4.79 Å². The Balaban J connectivity index is 0.00000101. The minimum atomic E-state index is -0.440. The van der Waals surface area contributed by atoms with Gasteiger partial charge in [0.1, 0.15) is 0 Å². The highest BCUT2D eigenvalue weighted by Gasteiger charge is 2.49. The third kappa shape index (κ3) is 13.7. The maximum Gasteiger partial charge on any atom is 0.317 e.